The first-order valence-electron chi connectivity index (χ1n) is 4.39. The molecule has 0 N–H and O–H groups in total. The molecule has 1 aliphatic heterocycles. The highest BCUT2D eigenvalue weighted by Crippen LogP contribution is 2.23. The molecule has 2 nitrogen and oxygen atoms in total. The van der Waals surface area contributed by atoms with E-state index >= 15 is 0 Å². The molecule has 1 fully saturated rings. The van der Waals surface area contributed by atoms with Crippen molar-refractivity contribution in [2.45, 2.75) is 32.7 Å². The fourth-order valence-corrected chi connectivity index (χ4v) is 1.95. The molecule has 0 aromatic carbocycles. The molecule has 0 saturated carbocycles. The van der Waals surface area contributed by atoms with Crippen LogP contribution in [0.4, 0.5) is 0 Å². The molecule has 2 unspecified atom stereocenters. The molecule has 1 aliphatic rings. The lowest BCUT2D eigenvalue weighted by Crippen LogP contribution is -2.29. The minimum Gasteiger partial charge on any atom is -0.287 e. The van der Waals surface area contributed by atoms with Gasteiger partial charge in [0.25, 0.3) is 0 Å². The topological polar surface area (TPSA) is 27.0 Å². The normalized spacial score (nSPS) is 32.1. The first-order chi connectivity index (χ1) is 5.27. The van der Waals surface area contributed by atoms with Crippen molar-refractivity contribution in [3.8, 4) is 6.07 Å². The quantitative estimate of drug-likeness (QED) is 0.562. The van der Waals surface area contributed by atoms with Gasteiger partial charge in [-0.15, -0.1) is 0 Å². The summed E-state index contributed by atoms with van der Waals surface area (Å²) in [4.78, 5) is 2.30. The Kier molecular flexibility index (Phi) is 2.90. The molecular weight excluding hydrogens is 136 g/mol. The third kappa shape index (κ3) is 1.94. The molecule has 0 aliphatic carbocycles. The fraction of sp³-hybridized carbons (Fsp3) is 0.889. The maximum Gasteiger partial charge on any atom is 0.0868 e. The highest BCUT2D eigenvalue weighted by Gasteiger charge is 2.27. The van der Waals surface area contributed by atoms with E-state index in [0.717, 1.165) is 12.5 Å². The van der Waals surface area contributed by atoms with E-state index in [4.69, 9.17) is 5.26 Å². The summed E-state index contributed by atoms with van der Waals surface area (Å²) in [7, 11) is 0. The van der Waals surface area contributed by atoms with Crippen molar-refractivity contribution in [1.82, 2.24) is 4.90 Å². The summed E-state index contributed by atoms with van der Waals surface area (Å²) in [5.74, 6) is 0.785. The van der Waals surface area contributed by atoms with Gasteiger partial charge in [-0.25, -0.2) is 0 Å². The van der Waals surface area contributed by atoms with E-state index < -0.39 is 0 Å². The van der Waals surface area contributed by atoms with Crippen molar-refractivity contribution in [3.05, 3.63) is 0 Å². The van der Waals surface area contributed by atoms with Crippen LogP contribution in [0.25, 0.3) is 0 Å². The summed E-state index contributed by atoms with van der Waals surface area (Å²) in [6.07, 6.45) is 2.46. The summed E-state index contributed by atoms with van der Waals surface area (Å²) in [5.41, 5.74) is 0. The van der Waals surface area contributed by atoms with Crippen LogP contribution in [-0.4, -0.2) is 24.0 Å². The molecule has 1 saturated heterocycles. The highest BCUT2D eigenvalue weighted by atomic mass is 15.2. The number of nitrogens with zero attached hydrogens (tertiary/aromatic N) is 2. The predicted octanol–water partition coefficient (Wildman–Crippen LogP) is 1.63. The monoisotopic (exact) mass is 152 g/mol. The summed E-state index contributed by atoms with van der Waals surface area (Å²) in [6, 6.07) is 2.89. The molecule has 0 spiro atoms. The van der Waals surface area contributed by atoms with Gasteiger partial charge >= 0.3 is 0 Å². The lowest BCUT2D eigenvalue weighted by Gasteiger charge is -2.19. The largest absolute Gasteiger partial charge is 0.287 e. The Labute approximate surface area is 68.8 Å². The second kappa shape index (κ2) is 3.73. The number of hydrogen-bond donors (Lipinski definition) is 0. The van der Waals surface area contributed by atoms with Gasteiger partial charge in [-0.05, 0) is 18.8 Å². The lowest BCUT2D eigenvalue weighted by atomic mass is 10.1. The Morgan fingerprint density at radius 3 is 2.91 bits per heavy atom. The number of likely N-dealkylation sites (tertiary alicyclic amines) is 1. The average Bonchev–Trinajstić information content (AvgIpc) is 2.32. The molecule has 1 rings (SSSR count). The van der Waals surface area contributed by atoms with Crippen molar-refractivity contribution in [2.75, 3.05) is 13.1 Å². The maximum atomic E-state index is 8.53. The first-order valence-corrected chi connectivity index (χ1v) is 4.39. The highest BCUT2D eigenvalue weighted by molar-refractivity contribution is 4.88. The Balaban J connectivity index is 2.45. The predicted molar refractivity (Wildman–Crippen MR) is 45.0 cm³/mol. The van der Waals surface area contributed by atoms with Gasteiger partial charge in [-0.1, -0.05) is 13.8 Å². The molecule has 0 bridgehead atoms. The van der Waals surface area contributed by atoms with Gasteiger partial charge in [0.05, 0.1) is 12.6 Å². The number of hydrogen-bond acceptors (Lipinski definition) is 2. The maximum absolute atomic E-state index is 8.53. The zero-order valence-electron chi connectivity index (χ0n) is 7.38. The van der Waals surface area contributed by atoms with E-state index in [-0.39, 0.29) is 0 Å². The van der Waals surface area contributed by atoms with E-state index in [1.165, 1.54) is 12.8 Å². The zero-order chi connectivity index (χ0) is 8.27. The Hall–Kier alpha value is -0.550. The van der Waals surface area contributed by atoms with Gasteiger partial charge in [-0.2, -0.15) is 5.26 Å². The van der Waals surface area contributed by atoms with E-state index in [1.807, 2.05) is 0 Å². The number of nitriles is 1. The fourth-order valence-electron chi connectivity index (χ4n) is 1.95. The number of rotatable bonds is 2. The van der Waals surface area contributed by atoms with Crippen LogP contribution in [0.2, 0.25) is 0 Å². The van der Waals surface area contributed by atoms with Gasteiger partial charge in [0, 0.05) is 12.6 Å². The summed E-state index contributed by atoms with van der Waals surface area (Å²) >= 11 is 0. The molecule has 0 aromatic heterocycles. The molecule has 1 heterocycles. The van der Waals surface area contributed by atoms with Crippen LogP contribution in [0.3, 0.4) is 0 Å². The first kappa shape index (κ1) is 8.55. The van der Waals surface area contributed by atoms with Gasteiger partial charge < -0.3 is 0 Å². The van der Waals surface area contributed by atoms with Crippen molar-refractivity contribution >= 4 is 0 Å². The van der Waals surface area contributed by atoms with Crippen LogP contribution in [0.1, 0.15) is 26.7 Å². The van der Waals surface area contributed by atoms with Gasteiger partial charge in [0.1, 0.15) is 0 Å². The second-order valence-electron chi connectivity index (χ2n) is 3.49. The van der Waals surface area contributed by atoms with Crippen LogP contribution in [0, 0.1) is 17.2 Å². The van der Waals surface area contributed by atoms with Crippen molar-refractivity contribution in [2.24, 2.45) is 5.92 Å². The van der Waals surface area contributed by atoms with Crippen LogP contribution < -0.4 is 0 Å². The van der Waals surface area contributed by atoms with E-state index in [2.05, 4.69) is 24.8 Å². The minimum atomic E-state index is 0.614. The average molecular weight is 152 g/mol. The molecule has 0 radical (unpaired) electrons. The van der Waals surface area contributed by atoms with Crippen LogP contribution in [0.15, 0.2) is 0 Å². The molecule has 62 valence electrons. The smallest absolute Gasteiger partial charge is 0.0868 e. The second-order valence-corrected chi connectivity index (χ2v) is 3.49. The van der Waals surface area contributed by atoms with Crippen LogP contribution >= 0.6 is 0 Å². The van der Waals surface area contributed by atoms with Crippen LogP contribution in [0.5, 0.6) is 0 Å². The molecule has 2 heteroatoms. The Morgan fingerprint density at radius 1 is 1.64 bits per heavy atom. The Morgan fingerprint density at radius 2 is 2.36 bits per heavy atom. The lowest BCUT2D eigenvalue weighted by molar-refractivity contribution is 0.275. The summed E-state index contributed by atoms with van der Waals surface area (Å²) < 4.78 is 0. The molecule has 0 aromatic rings. The van der Waals surface area contributed by atoms with E-state index in [0.29, 0.717) is 12.6 Å². The van der Waals surface area contributed by atoms with E-state index in [9.17, 15) is 0 Å². The van der Waals surface area contributed by atoms with E-state index in [1.54, 1.807) is 0 Å². The van der Waals surface area contributed by atoms with Gasteiger partial charge in [0.15, 0.2) is 0 Å². The molecular formula is C9H16N2. The van der Waals surface area contributed by atoms with Crippen molar-refractivity contribution in [1.29, 1.82) is 5.26 Å². The van der Waals surface area contributed by atoms with Crippen molar-refractivity contribution in [3.63, 3.8) is 0 Å². The van der Waals surface area contributed by atoms with Crippen LogP contribution in [-0.2, 0) is 0 Å². The minimum absolute atomic E-state index is 0.614. The third-order valence-electron chi connectivity index (χ3n) is 2.48. The standard InChI is InChI=1S/C9H16N2/c1-3-9-6-8(2)7-11(9)5-4-10/h8-9H,3,5-7H2,1-2H3. The van der Waals surface area contributed by atoms with Gasteiger partial charge in [-0.3, -0.25) is 4.90 Å². The third-order valence-corrected chi connectivity index (χ3v) is 2.48. The molecule has 2 atom stereocenters. The Bertz CT molecular complexity index is 159. The zero-order valence-corrected chi connectivity index (χ0v) is 7.38. The molecule has 11 heavy (non-hydrogen) atoms. The SMILES string of the molecule is CCC1CC(C)CN1CC#N. The summed E-state index contributed by atoms with van der Waals surface area (Å²) in [5, 5.41) is 8.53. The van der Waals surface area contributed by atoms with Crippen molar-refractivity contribution < 1.29 is 0 Å². The summed E-state index contributed by atoms with van der Waals surface area (Å²) in [6.45, 7) is 6.20. The van der Waals surface area contributed by atoms with Gasteiger partial charge in [0.2, 0.25) is 0 Å². The molecule has 0 amide bonds.